The van der Waals surface area contributed by atoms with Crippen LogP contribution in [0.25, 0.3) is 0 Å². The van der Waals surface area contributed by atoms with E-state index in [1.165, 1.54) is 11.3 Å². The van der Waals surface area contributed by atoms with E-state index in [1.807, 2.05) is 5.38 Å². The summed E-state index contributed by atoms with van der Waals surface area (Å²) in [5.41, 5.74) is 1.25. The third-order valence-electron chi connectivity index (χ3n) is 2.81. The molecule has 1 saturated heterocycles. The van der Waals surface area contributed by atoms with Crippen molar-refractivity contribution in [3.63, 3.8) is 0 Å². The fourth-order valence-corrected chi connectivity index (χ4v) is 2.63. The molecule has 0 bridgehead atoms. The smallest absolute Gasteiger partial charge is 0.328 e. The fourth-order valence-electron chi connectivity index (χ4n) is 1.81. The molecule has 18 heavy (non-hydrogen) atoms. The zero-order valence-electron chi connectivity index (χ0n) is 9.67. The number of carbonyl (C=O) groups excluding carboxylic acids is 2. The van der Waals surface area contributed by atoms with E-state index in [0.717, 1.165) is 10.5 Å². The number of carbonyl (C=O) groups is 3. The van der Waals surface area contributed by atoms with Crippen LogP contribution in [0.1, 0.15) is 15.9 Å². The van der Waals surface area contributed by atoms with Crippen LogP contribution in [0.15, 0.2) is 10.8 Å². The highest BCUT2D eigenvalue weighted by Crippen LogP contribution is 2.18. The molecule has 1 aromatic rings. The molecule has 1 aromatic heterocycles. The zero-order valence-corrected chi connectivity index (χ0v) is 10.5. The molecular weight excluding hydrogens is 256 g/mol. The predicted octanol–water partition coefficient (Wildman–Crippen LogP) is 0.0817. The van der Waals surface area contributed by atoms with Crippen molar-refractivity contribution in [2.24, 2.45) is 0 Å². The lowest BCUT2D eigenvalue weighted by Crippen LogP contribution is -2.59. The number of aryl methyl sites for hydroxylation is 1. The molecule has 2 rings (SSSR count). The van der Waals surface area contributed by atoms with Crippen LogP contribution < -0.4 is 5.32 Å². The second-order valence-corrected chi connectivity index (χ2v) is 4.80. The number of hydrogen-bond donors (Lipinski definition) is 2. The Bertz CT molecular complexity index is 511. The van der Waals surface area contributed by atoms with Crippen LogP contribution in [0, 0.1) is 6.92 Å². The molecule has 2 amide bonds. The van der Waals surface area contributed by atoms with Gasteiger partial charge in [-0.2, -0.15) is 11.3 Å². The van der Waals surface area contributed by atoms with Crippen LogP contribution >= 0.6 is 11.3 Å². The molecule has 1 aliphatic heterocycles. The Morgan fingerprint density at radius 2 is 2.22 bits per heavy atom. The van der Waals surface area contributed by atoms with Crippen molar-refractivity contribution < 1.29 is 19.5 Å². The first-order chi connectivity index (χ1) is 8.50. The van der Waals surface area contributed by atoms with Gasteiger partial charge in [0.25, 0.3) is 5.91 Å². The average molecular weight is 268 g/mol. The number of aliphatic carboxylic acids is 1. The molecule has 0 radical (unpaired) electrons. The second-order valence-electron chi connectivity index (χ2n) is 4.06. The Kier molecular flexibility index (Phi) is 3.33. The van der Waals surface area contributed by atoms with E-state index in [-0.39, 0.29) is 19.0 Å². The van der Waals surface area contributed by atoms with Crippen molar-refractivity contribution in [1.82, 2.24) is 10.2 Å². The van der Waals surface area contributed by atoms with Gasteiger partial charge in [-0.3, -0.25) is 9.59 Å². The van der Waals surface area contributed by atoms with Crippen molar-refractivity contribution in [2.75, 3.05) is 13.1 Å². The van der Waals surface area contributed by atoms with Gasteiger partial charge in [-0.15, -0.1) is 0 Å². The summed E-state index contributed by atoms with van der Waals surface area (Å²) in [5, 5.41) is 15.0. The van der Waals surface area contributed by atoms with Gasteiger partial charge < -0.3 is 15.3 Å². The summed E-state index contributed by atoms with van der Waals surface area (Å²) in [6.45, 7) is 1.51. The van der Waals surface area contributed by atoms with Crippen LogP contribution in [0.3, 0.4) is 0 Å². The standard InChI is InChI=1S/C11H12N2O4S/c1-6-4-18-5-7(6)10(15)13-3-9(14)12-2-8(13)11(16)17/h4-5,8H,2-3H2,1H3,(H,12,14)(H,16,17). The van der Waals surface area contributed by atoms with Gasteiger partial charge >= 0.3 is 5.97 Å². The Balaban J connectivity index is 2.28. The lowest BCUT2D eigenvalue weighted by molar-refractivity contribution is -0.144. The Morgan fingerprint density at radius 1 is 1.50 bits per heavy atom. The molecule has 0 aliphatic carbocycles. The predicted molar refractivity (Wildman–Crippen MR) is 64.5 cm³/mol. The monoisotopic (exact) mass is 268 g/mol. The summed E-state index contributed by atoms with van der Waals surface area (Å²) in [7, 11) is 0. The average Bonchev–Trinajstić information content (AvgIpc) is 2.74. The van der Waals surface area contributed by atoms with Crippen molar-refractivity contribution in [2.45, 2.75) is 13.0 Å². The Morgan fingerprint density at radius 3 is 2.78 bits per heavy atom. The summed E-state index contributed by atoms with van der Waals surface area (Å²) >= 11 is 1.37. The minimum Gasteiger partial charge on any atom is -0.480 e. The first kappa shape index (κ1) is 12.6. The largest absolute Gasteiger partial charge is 0.480 e. The van der Waals surface area contributed by atoms with Gasteiger partial charge in [0.2, 0.25) is 5.91 Å². The highest BCUT2D eigenvalue weighted by atomic mass is 32.1. The van der Waals surface area contributed by atoms with Gasteiger partial charge in [-0.25, -0.2) is 4.79 Å². The maximum absolute atomic E-state index is 12.2. The van der Waals surface area contributed by atoms with Crippen LogP contribution in [-0.2, 0) is 9.59 Å². The fraction of sp³-hybridized carbons (Fsp3) is 0.364. The molecule has 1 atom stereocenters. The first-order valence-corrected chi connectivity index (χ1v) is 6.28. The van der Waals surface area contributed by atoms with Gasteiger partial charge in [0.05, 0.1) is 5.56 Å². The quantitative estimate of drug-likeness (QED) is 0.795. The SMILES string of the molecule is Cc1cscc1C(=O)N1CC(=O)NCC1C(=O)O. The van der Waals surface area contributed by atoms with E-state index >= 15 is 0 Å². The lowest BCUT2D eigenvalue weighted by Gasteiger charge is -2.32. The summed E-state index contributed by atoms with van der Waals surface area (Å²) in [5.74, 6) is -1.86. The number of carboxylic acid groups (broad SMARTS) is 1. The van der Waals surface area contributed by atoms with Crippen LogP contribution in [0.5, 0.6) is 0 Å². The number of thiophene rings is 1. The van der Waals surface area contributed by atoms with Gasteiger partial charge in [0, 0.05) is 11.9 Å². The van der Waals surface area contributed by atoms with Crippen molar-refractivity contribution in [3.05, 3.63) is 21.9 Å². The zero-order chi connectivity index (χ0) is 13.3. The van der Waals surface area contributed by atoms with E-state index in [0.29, 0.717) is 5.56 Å². The summed E-state index contributed by atoms with van der Waals surface area (Å²) in [4.78, 5) is 35.7. The highest BCUT2D eigenvalue weighted by molar-refractivity contribution is 7.08. The molecule has 6 nitrogen and oxygen atoms in total. The number of piperazine rings is 1. The maximum atomic E-state index is 12.2. The number of amides is 2. The van der Waals surface area contributed by atoms with Gasteiger partial charge in [0.15, 0.2) is 0 Å². The van der Waals surface area contributed by atoms with E-state index in [1.54, 1.807) is 12.3 Å². The highest BCUT2D eigenvalue weighted by Gasteiger charge is 2.36. The number of nitrogens with one attached hydrogen (secondary N) is 1. The summed E-state index contributed by atoms with van der Waals surface area (Å²) in [6, 6.07) is -1.01. The third kappa shape index (κ3) is 2.21. The molecular formula is C11H12N2O4S. The molecule has 0 spiro atoms. The van der Waals surface area contributed by atoms with Gasteiger partial charge in [0.1, 0.15) is 12.6 Å². The third-order valence-corrected chi connectivity index (χ3v) is 3.68. The maximum Gasteiger partial charge on any atom is 0.328 e. The number of carboxylic acids is 1. The van der Waals surface area contributed by atoms with E-state index in [9.17, 15) is 14.4 Å². The van der Waals surface area contributed by atoms with E-state index in [2.05, 4.69) is 5.32 Å². The first-order valence-electron chi connectivity index (χ1n) is 5.34. The topological polar surface area (TPSA) is 86.7 Å². The van der Waals surface area contributed by atoms with Crippen LogP contribution in [0.2, 0.25) is 0 Å². The molecule has 1 fully saturated rings. The molecule has 1 aliphatic rings. The molecule has 96 valence electrons. The van der Waals surface area contributed by atoms with Crippen LogP contribution in [-0.4, -0.2) is 46.9 Å². The number of hydrogen-bond acceptors (Lipinski definition) is 4. The van der Waals surface area contributed by atoms with E-state index < -0.39 is 17.9 Å². The summed E-state index contributed by atoms with van der Waals surface area (Å²) < 4.78 is 0. The Labute approximate surface area is 107 Å². The molecule has 7 heteroatoms. The lowest BCUT2D eigenvalue weighted by atomic mass is 10.1. The minimum atomic E-state index is -1.11. The van der Waals surface area contributed by atoms with Crippen molar-refractivity contribution in [1.29, 1.82) is 0 Å². The molecule has 0 aromatic carbocycles. The normalized spacial score (nSPS) is 19.5. The molecule has 1 unspecified atom stereocenters. The Hall–Kier alpha value is -1.89. The van der Waals surface area contributed by atoms with E-state index in [4.69, 9.17) is 5.11 Å². The minimum absolute atomic E-state index is 0.0525. The molecule has 2 N–H and O–H groups in total. The van der Waals surface area contributed by atoms with Crippen molar-refractivity contribution >= 4 is 29.1 Å². The van der Waals surface area contributed by atoms with Crippen LogP contribution in [0.4, 0.5) is 0 Å². The number of nitrogens with zero attached hydrogens (tertiary/aromatic N) is 1. The van der Waals surface area contributed by atoms with Gasteiger partial charge in [-0.1, -0.05) is 0 Å². The molecule has 2 heterocycles. The molecule has 0 saturated carbocycles. The van der Waals surface area contributed by atoms with Gasteiger partial charge in [-0.05, 0) is 17.9 Å². The second kappa shape index (κ2) is 4.77. The number of rotatable bonds is 2. The summed E-state index contributed by atoms with van der Waals surface area (Å²) in [6.07, 6.45) is 0. The van der Waals surface area contributed by atoms with Crippen molar-refractivity contribution in [3.8, 4) is 0 Å².